The molecule has 1 aliphatic carbocycles. The topological polar surface area (TPSA) is 39.5 Å². The summed E-state index contributed by atoms with van der Waals surface area (Å²) in [5.74, 6) is 0. The molecular weight excluding hydrogens is 745 g/mol. The molecule has 1 aliphatic rings. The Labute approximate surface area is 348 Å². The van der Waals surface area contributed by atoms with Crippen LogP contribution in [0.1, 0.15) is 11.1 Å². The van der Waals surface area contributed by atoms with Crippen molar-refractivity contribution in [2.45, 2.75) is 0 Å². The van der Waals surface area contributed by atoms with E-state index in [0.717, 1.165) is 121 Å². The van der Waals surface area contributed by atoms with E-state index in [1.807, 2.05) is 34.7 Å². The van der Waals surface area contributed by atoms with Gasteiger partial charge in [0, 0.05) is 48.8 Å². The number of rotatable bonds is 3. The minimum absolute atomic E-state index is 0.00616. The molecule has 0 bridgehead atoms. The molecule has 0 fully saturated rings. The molecule has 4 heteroatoms. The molecule has 282 valence electrons. The summed E-state index contributed by atoms with van der Waals surface area (Å²) < 4.78 is 11.0. The first-order valence-corrected chi connectivity index (χ1v) is 20.7. The lowest BCUT2D eigenvalue weighted by Crippen LogP contribution is -2.12. The number of pyridine rings is 1. The Bertz CT molecular complexity index is 4140. The molecule has 0 aliphatic heterocycles. The highest BCUT2D eigenvalue weighted by Crippen LogP contribution is 2.51. The van der Waals surface area contributed by atoms with Crippen molar-refractivity contribution in [3.63, 3.8) is 0 Å². The zero-order chi connectivity index (χ0) is 40.1. The van der Waals surface area contributed by atoms with Crippen molar-refractivity contribution in [1.29, 1.82) is 0 Å². The molecule has 0 atom stereocenters. The van der Waals surface area contributed by atoms with E-state index >= 15 is 0 Å². The van der Waals surface area contributed by atoms with Gasteiger partial charge in [-0.1, -0.05) is 128 Å². The van der Waals surface area contributed by atoms with E-state index in [9.17, 15) is 4.79 Å². The van der Waals surface area contributed by atoms with Crippen molar-refractivity contribution in [3.8, 4) is 39.1 Å². The Kier molecular flexibility index (Phi) is 6.28. The maximum atomic E-state index is 14.4. The fourth-order valence-electron chi connectivity index (χ4n) is 10.7. The van der Waals surface area contributed by atoms with E-state index in [1.54, 1.807) is 0 Å². The second-order valence-corrected chi connectivity index (χ2v) is 16.4. The van der Waals surface area contributed by atoms with Crippen LogP contribution >= 0.6 is 0 Å². The number of benzene rings is 9. The van der Waals surface area contributed by atoms with E-state index < -0.39 is 0 Å². The van der Waals surface area contributed by atoms with Crippen LogP contribution in [0, 0.1) is 0 Å². The smallest absolute Gasteiger partial charge is 0.263 e. The van der Waals surface area contributed by atoms with Crippen LogP contribution in [0.5, 0.6) is 0 Å². The fraction of sp³-hybridized carbons (Fsp3) is 0. The zero-order valence-electron chi connectivity index (χ0n) is 32.7. The normalized spacial score (nSPS) is 12.7. The van der Waals surface area contributed by atoms with Crippen LogP contribution in [0.15, 0.2) is 198 Å². The lowest BCUT2D eigenvalue weighted by molar-refractivity contribution is 0.671. The van der Waals surface area contributed by atoms with E-state index in [1.165, 1.54) is 10.9 Å². The summed E-state index contributed by atoms with van der Waals surface area (Å²) in [5.41, 5.74) is 17.0. The summed E-state index contributed by atoms with van der Waals surface area (Å²) in [6, 6.07) is 64.4. The summed E-state index contributed by atoms with van der Waals surface area (Å²) in [6.07, 6.45) is 0. The maximum Gasteiger partial charge on any atom is 0.263 e. The average molecular weight is 777 g/mol. The molecular formula is C57H32N2O2. The summed E-state index contributed by atoms with van der Waals surface area (Å²) >= 11 is 0. The van der Waals surface area contributed by atoms with Crippen LogP contribution < -0.4 is 5.56 Å². The summed E-state index contributed by atoms with van der Waals surface area (Å²) in [4.78, 5) is 14.4. The lowest BCUT2D eigenvalue weighted by Gasteiger charge is -2.14. The van der Waals surface area contributed by atoms with Gasteiger partial charge in [-0.2, -0.15) is 0 Å². The number of hydrogen-bond donors (Lipinski definition) is 0. The summed E-state index contributed by atoms with van der Waals surface area (Å²) in [6.45, 7) is 4.68. The molecule has 13 aromatic rings. The summed E-state index contributed by atoms with van der Waals surface area (Å²) in [5, 5.41) is 9.41. The van der Waals surface area contributed by atoms with Crippen molar-refractivity contribution in [2.75, 3.05) is 0 Å². The van der Waals surface area contributed by atoms with Crippen molar-refractivity contribution in [2.24, 2.45) is 0 Å². The van der Waals surface area contributed by atoms with Crippen LogP contribution in [-0.4, -0.2) is 8.97 Å². The third kappa shape index (κ3) is 4.25. The van der Waals surface area contributed by atoms with Gasteiger partial charge in [0.15, 0.2) is 5.58 Å². The van der Waals surface area contributed by atoms with Crippen LogP contribution in [-0.2, 0) is 0 Å². The molecule has 4 nitrogen and oxygen atoms in total. The second kappa shape index (κ2) is 11.7. The predicted molar refractivity (Wildman–Crippen MR) is 253 cm³/mol. The molecule has 61 heavy (non-hydrogen) atoms. The third-order valence-electron chi connectivity index (χ3n) is 13.4. The molecule has 0 radical (unpaired) electrons. The first-order valence-electron chi connectivity index (χ1n) is 20.7. The first-order chi connectivity index (χ1) is 30.1. The molecule has 0 unspecified atom stereocenters. The highest BCUT2D eigenvalue weighted by atomic mass is 16.3. The Morgan fingerprint density at radius 2 is 1.11 bits per heavy atom. The van der Waals surface area contributed by atoms with Crippen LogP contribution in [0.3, 0.4) is 0 Å². The van der Waals surface area contributed by atoms with Gasteiger partial charge in [0.2, 0.25) is 0 Å². The number of hydrogen-bond acceptors (Lipinski definition) is 2. The Morgan fingerprint density at radius 3 is 1.98 bits per heavy atom. The molecule has 0 saturated heterocycles. The number of para-hydroxylation sites is 2. The van der Waals surface area contributed by atoms with E-state index in [-0.39, 0.29) is 5.56 Å². The average Bonchev–Trinajstić information content (AvgIpc) is 4.05. The first kappa shape index (κ1) is 32.7. The monoisotopic (exact) mass is 776 g/mol. The van der Waals surface area contributed by atoms with Gasteiger partial charge in [-0.05, 0) is 116 Å². The molecule has 14 rings (SSSR count). The van der Waals surface area contributed by atoms with Crippen LogP contribution in [0.25, 0.3) is 126 Å². The third-order valence-corrected chi connectivity index (χ3v) is 13.4. The zero-order valence-corrected chi connectivity index (χ0v) is 32.7. The minimum Gasteiger partial charge on any atom is -0.454 e. The van der Waals surface area contributed by atoms with Gasteiger partial charge in [-0.25, -0.2) is 0 Å². The summed E-state index contributed by atoms with van der Waals surface area (Å²) in [7, 11) is 0. The number of furan rings is 1. The SMILES string of the molecule is C=C1c2ccc(-n3c4ccccc4c4ccc5c6ccccc6oc5c43)cc2-c2c1cccc2-c1cc2c3ccccc3c(=O)n3c4ccc(-c5ccccc5)cc4c(c1)c23. The van der Waals surface area contributed by atoms with Gasteiger partial charge in [-0.3, -0.25) is 9.20 Å². The number of fused-ring (bicyclic) bond motifs is 15. The van der Waals surface area contributed by atoms with Crippen LogP contribution in [0.4, 0.5) is 0 Å². The standard InChI is InChI=1S/C57H32N2O2/c1-32-37-24-23-36(58-50-20-9-7-15-41(50)43-25-26-44-42-16-8-10-21-52(42)61-56(44)55(43)58)31-47(37)53-38(32)18-11-19-39(53)35-29-48-40-14-5-6-17-45(40)57(60)59-51-27-22-34(33-12-3-2-4-13-33)28-46(51)49(30-35)54(48)59/h2-31H,1H2. The van der Waals surface area contributed by atoms with E-state index in [2.05, 4.69) is 163 Å². The fourth-order valence-corrected chi connectivity index (χ4v) is 10.7. The Balaban J connectivity index is 1.05. The van der Waals surface area contributed by atoms with E-state index in [4.69, 9.17) is 4.42 Å². The minimum atomic E-state index is 0.00616. The number of aromatic nitrogens is 2. The van der Waals surface area contributed by atoms with Crippen LogP contribution in [0.2, 0.25) is 0 Å². The number of nitrogens with zero attached hydrogens (tertiary/aromatic N) is 2. The van der Waals surface area contributed by atoms with Crippen molar-refractivity contribution < 1.29 is 4.42 Å². The van der Waals surface area contributed by atoms with Crippen molar-refractivity contribution >= 4 is 87.3 Å². The molecule has 0 N–H and O–H groups in total. The quantitative estimate of drug-likeness (QED) is 0.168. The maximum absolute atomic E-state index is 14.4. The lowest BCUT2D eigenvalue weighted by atomic mass is 9.91. The second-order valence-electron chi connectivity index (χ2n) is 16.4. The van der Waals surface area contributed by atoms with E-state index in [0.29, 0.717) is 5.39 Å². The van der Waals surface area contributed by atoms with Gasteiger partial charge in [0.1, 0.15) is 5.58 Å². The predicted octanol–water partition coefficient (Wildman–Crippen LogP) is 14.6. The molecule has 4 heterocycles. The van der Waals surface area contributed by atoms with Crippen molar-refractivity contribution in [1.82, 2.24) is 8.97 Å². The largest absolute Gasteiger partial charge is 0.454 e. The Hall–Kier alpha value is -8.21. The molecule has 0 amide bonds. The highest BCUT2D eigenvalue weighted by Gasteiger charge is 2.28. The Morgan fingerprint density at radius 1 is 0.410 bits per heavy atom. The van der Waals surface area contributed by atoms with Gasteiger partial charge in [-0.15, -0.1) is 0 Å². The molecule has 9 aromatic carbocycles. The van der Waals surface area contributed by atoms with Gasteiger partial charge >= 0.3 is 0 Å². The highest BCUT2D eigenvalue weighted by molar-refractivity contribution is 6.24. The molecule has 0 spiro atoms. The van der Waals surface area contributed by atoms with Gasteiger partial charge in [0.05, 0.1) is 22.1 Å². The molecule has 0 saturated carbocycles. The molecule has 4 aromatic heterocycles. The van der Waals surface area contributed by atoms with Crippen molar-refractivity contribution in [3.05, 3.63) is 210 Å². The van der Waals surface area contributed by atoms with Gasteiger partial charge < -0.3 is 8.98 Å². The van der Waals surface area contributed by atoms with Gasteiger partial charge in [0.25, 0.3) is 5.56 Å².